The maximum Gasteiger partial charge on any atom is 0.240 e. The van der Waals surface area contributed by atoms with Gasteiger partial charge in [0.2, 0.25) is 10.0 Å². The van der Waals surface area contributed by atoms with Crippen molar-refractivity contribution in [3.8, 4) is 16.9 Å². The molecule has 0 bridgehead atoms. The van der Waals surface area contributed by atoms with E-state index in [4.69, 9.17) is 4.74 Å². The summed E-state index contributed by atoms with van der Waals surface area (Å²) < 4.78 is 46.9. The lowest BCUT2D eigenvalue weighted by atomic mass is 10.1. The van der Waals surface area contributed by atoms with Crippen molar-refractivity contribution >= 4 is 10.0 Å². The first-order valence-corrected chi connectivity index (χ1v) is 10.8. The number of para-hydroxylation sites is 1. The van der Waals surface area contributed by atoms with Gasteiger partial charge in [-0.3, -0.25) is 0 Å². The maximum atomic E-state index is 13.1. The predicted octanol–water partition coefficient (Wildman–Crippen LogP) is 4.86. The number of ether oxygens (including phenoxy) is 1. The average molecular weight is 414 g/mol. The van der Waals surface area contributed by atoms with Crippen LogP contribution in [0, 0.1) is 19.7 Å². The summed E-state index contributed by atoms with van der Waals surface area (Å²) in [6, 6.07) is 18.0. The largest absolute Gasteiger partial charge is 0.491 e. The van der Waals surface area contributed by atoms with Crippen LogP contribution >= 0.6 is 0 Å². The molecule has 1 atom stereocenters. The summed E-state index contributed by atoms with van der Waals surface area (Å²) in [6.07, 6.45) is 0. The predicted molar refractivity (Wildman–Crippen MR) is 113 cm³/mol. The molecule has 1 N–H and O–H groups in total. The molecule has 1 unspecified atom stereocenters. The molecular weight excluding hydrogens is 389 g/mol. The first-order chi connectivity index (χ1) is 13.8. The van der Waals surface area contributed by atoms with Crippen LogP contribution in [0.25, 0.3) is 11.1 Å². The molecule has 0 heterocycles. The highest BCUT2D eigenvalue weighted by Gasteiger charge is 2.18. The molecule has 4 nitrogen and oxygen atoms in total. The quantitative estimate of drug-likeness (QED) is 0.602. The van der Waals surface area contributed by atoms with E-state index in [1.807, 2.05) is 32.0 Å². The summed E-state index contributed by atoms with van der Waals surface area (Å²) in [7, 11) is -3.68. The van der Waals surface area contributed by atoms with E-state index in [-0.39, 0.29) is 17.3 Å². The molecule has 0 radical (unpaired) electrons. The number of nitrogens with one attached hydrogen (secondary N) is 1. The first kappa shape index (κ1) is 21.0. The van der Waals surface area contributed by atoms with E-state index in [0.29, 0.717) is 0 Å². The summed E-state index contributed by atoms with van der Waals surface area (Å²) in [5, 5.41) is 0. The smallest absolute Gasteiger partial charge is 0.240 e. The fourth-order valence-electron chi connectivity index (χ4n) is 3.07. The molecule has 0 aliphatic rings. The van der Waals surface area contributed by atoms with Crippen molar-refractivity contribution in [1.82, 2.24) is 4.72 Å². The van der Waals surface area contributed by atoms with Crippen molar-refractivity contribution < 1.29 is 17.5 Å². The van der Waals surface area contributed by atoms with Crippen molar-refractivity contribution in [2.45, 2.75) is 31.7 Å². The Morgan fingerprint density at radius 2 is 1.41 bits per heavy atom. The molecule has 29 heavy (non-hydrogen) atoms. The highest BCUT2D eigenvalue weighted by Crippen LogP contribution is 2.23. The van der Waals surface area contributed by atoms with Gasteiger partial charge in [0.1, 0.15) is 18.2 Å². The van der Waals surface area contributed by atoms with Crippen LogP contribution in [-0.4, -0.2) is 21.1 Å². The minimum atomic E-state index is -3.68. The van der Waals surface area contributed by atoms with E-state index in [1.165, 1.54) is 12.1 Å². The van der Waals surface area contributed by atoms with Crippen LogP contribution in [0.1, 0.15) is 18.1 Å². The molecule has 0 amide bonds. The Morgan fingerprint density at radius 3 is 1.97 bits per heavy atom. The van der Waals surface area contributed by atoms with Gasteiger partial charge >= 0.3 is 0 Å². The van der Waals surface area contributed by atoms with Crippen LogP contribution in [0.2, 0.25) is 0 Å². The number of benzene rings is 3. The maximum absolute atomic E-state index is 13.1. The molecule has 3 rings (SSSR count). The highest BCUT2D eigenvalue weighted by molar-refractivity contribution is 7.89. The first-order valence-electron chi connectivity index (χ1n) is 9.33. The minimum absolute atomic E-state index is 0.169. The number of hydrogen-bond donors (Lipinski definition) is 1. The van der Waals surface area contributed by atoms with E-state index in [0.717, 1.165) is 28.0 Å². The Labute approximate surface area is 171 Å². The Morgan fingerprint density at radius 1 is 0.897 bits per heavy atom. The van der Waals surface area contributed by atoms with E-state index in [1.54, 1.807) is 43.3 Å². The summed E-state index contributed by atoms with van der Waals surface area (Å²) >= 11 is 0. The minimum Gasteiger partial charge on any atom is -0.491 e. The van der Waals surface area contributed by atoms with Gasteiger partial charge in [-0.25, -0.2) is 17.5 Å². The van der Waals surface area contributed by atoms with Crippen LogP contribution < -0.4 is 9.46 Å². The van der Waals surface area contributed by atoms with Crippen molar-refractivity contribution in [2.24, 2.45) is 0 Å². The van der Waals surface area contributed by atoms with Gasteiger partial charge in [0.05, 0.1) is 10.9 Å². The average Bonchev–Trinajstić information content (AvgIpc) is 2.68. The molecule has 0 fully saturated rings. The second-order valence-corrected chi connectivity index (χ2v) is 8.80. The van der Waals surface area contributed by atoms with Crippen molar-refractivity contribution in [2.75, 3.05) is 6.61 Å². The highest BCUT2D eigenvalue weighted by atomic mass is 32.2. The summed E-state index contributed by atoms with van der Waals surface area (Å²) in [4.78, 5) is 0.169. The number of halogens is 1. The Hall–Kier alpha value is -2.70. The topological polar surface area (TPSA) is 55.4 Å². The number of aryl methyl sites for hydroxylation is 2. The Bertz CT molecular complexity index is 1060. The Kier molecular flexibility index (Phi) is 6.35. The van der Waals surface area contributed by atoms with Crippen LogP contribution in [0.4, 0.5) is 4.39 Å². The Balaban J connectivity index is 1.66. The van der Waals surface area contributed by atoms with Gasteiger partial charge in [0, 0.05) is 0 Å². The molecule has 0 aliphatic carbocycles. The molecule has 6 heteroatoms. The van der Waals surface area contributed by atoms with Crippen LogP contribution in [0.15, 0.2) is 71.6 Å². The molecule has 0 spiro atoms. The SMILES string of the molecule is Cc1cccc(C)c1OCC(C)NS(=O)(=O)c1ccc(-c2ccc(F)cc2)cc1. The summed E-state index contributed by atoms with van der Waals surface area (Å²) in [5.41, 5.74) is 3.65. The van der Waals surface area contributed by atoms with Gasteiger partial charge in [-0.2, -0.15) is 0 Å². The van der Waals surface area contributed by atoms with E-state index < -0.39 is 16.1 Å². The monoisotopic (exact) mass is 413 g/mol. The van der Waals surface area contributed by atoms with Gasteiger partial charge in [-0.15, -0.1) is 0 Å². The fourth-order valence-corrected chi connectivity index (χ4v) is 4.30. The number of hydrogen-bond acceptors (Lipinski definition) is 3. The van der Waals surface area contributed by atoms with Gasteiger partial charge in [0.15, 0.2) is 0 Å². The van der Waals surface area contributed by atoms with Gasteiger partial charge < -0.3 is 4.74 Å². The second kappa shape index (κ2) is 8.76. The number of sulfonamides is 1. The van der Waals surface area contributed by atoms with Crippen LogP contribution in [0.3, 0.4) is 0 Å². The van der Waals surface area contributed by atoms with Crippen molar-refractivity contribution in [3.05, 3.63) is 83.7 Å². The van der Waals surface area contributed by atoms with Crippen LogP contribution in [0.5, 0.6) is 5.75 Å². The lowest BCUT2D eigenvalue weighted by Crippen LogP contribution is -2.36. The fraction of sp³-hybridized carbons (Fsp3) is 0.217. The molecule has 152 valence electrons. The summed E-state index contributed by atoms with van der Waals surface area (Å²) in [5.74, 6) is 0.469. The van der Waals surface area contributed by atoms with Crippen molar-refractivity contribution in [3.63, 3.8) is 0 Å². The molecule has 0 aliphatic heterocycles. The molecule has 3 aromatic carbocycles. The number of rotatable bonds is 7. The lowest BCUT2D eigenvalue weighted by molar-refractivity contribution is 0.284. The molecule has 0 saturated carbocycles. The van der Waals surface area contributed by atoms with E-state index in [2.05, 4.69) is 4.72 Å². The zero-order chi connectivity index (χ0) is 21.0. The van der Waals surface area contributed by atoms with Gasteiger partial charge in [-0.05, 0) is 67.3 Å². The molecule has 3 aromatic rings. The van der Waals surface area contributed by atoms with Crippen molar-refractivity contribution in [1.29, 1.82) is 0 Å². The normalized spacial score (nSPS) is 12.6. The molecule has 0 saturated heterocycles. The third-order valence-electron chi connectivity index (χ3n) is 4.58. The third-order valence-corrected chi connectivity index (χ3v) is 6.19. The van der Waals surface area contributed by atoms with E-state index in [9.17, 15) is 12.8 Å². The zero-order valence-electron chi connectivity index (χ0n) is 16.6. The van der Waals surface area contributed by atoms with Gasteiger partial charge in [-0.1, -0.05) is 42.5 Å². The zero-order valence-corrected chi connectivity index (χ0v) is 17.5. The summed E-state index contributed by atoms with van der Waals surface area (Å²) in [6.45, 7) is 5.90. The van der Waals surface area contributed by atoms with Crippen LogP contribution in [-0.2, 0) is 10.0 Å². The third kappa shape index (κ3) is 5.22. The second-order valence-electron chi connectivity index (χ2n) is 7.09. The lowest BCUT2D eigenvalue weighted by Gasteiger charge is -2.17. The van der Waals surface area contributed by atoms with E-state index >= 15 is 0 Å². The standard InChI is InChI=1S/C23H24FNO3S/c1-16-5-4-6-17(2)23(16)28-15-18(3)25-29(26,27)22-13-9-20(10-14-22)19-7-11-21(24)12-8-19/h4-14,18,25H,15H2,1-3H3. The van der Waals surface area contributed by atoms with Gasteiger partial charge in [0.25, 0.3) is 0 Å². The molecular formula is C23H24FNO3S. The molecule has 0 aromatic heterocycles.